The zero-order valence-corrected chi connectivity index (χ0v) is 9.69. The summed E-state index contributed by atoms with van der Waals surface area (Å²) in [7, 11) is 1.52. The van der Waals surface area contributed by atoms with E-state index in [0.717, 1.165) is 0 Å². The van der Waals surface area contributed by atoms with E-state index in [1.165, 1.54) is 19.8 Å². The summed E-state index contributed by atoms with van der Waals surface area (Å²) in [6.45, 7) is 0. The van der Waals surface area contributed by atoms with Crippen LogP contribution in [-0.2, 0) is 0 Å². The second-order valence-corrected chi connectivity index (χ2v) is 3.58. The van der Waals surface area contributed by atoms with Crippen LogP contribution in [0.1, 0.15) is 10.5 Å². The van der Waals surface area contributed by atoms with Crippen molar-refractivity contribution in [2.24, 2.45) is 0 Å². The zero-order chi connectivity index (χ0) is 12.3. The molecule has 0 aliphatic carbocycles. The number of halogens is 1. The maximum absolute atomic E-state index is 11.6. The second-order valence-electron chi connectivity index (χ2n) is 3.18. The molecule has 1 aromatic carbocycles. The summed E-state index contributed by atoms with van der Waals surface area (Å²) in [6, 6.07) is 4.95. The Labute approximate surface area is 102 Å². The van der Waals surface area contributed by atoms with E-state index in [2.05, 4.69) is 10.3 Å². The van der Waals surface area contributed by atoms with E-state index in [9.17, 15) is 4.79 Å². The third-order valence-electron chi connectivity index (χ3n) is 2.07. The van der Waals surface area contributed by atoms with Crippen LogP contribution in [-0.4, -0.2) is 18.0 Å². The van der Waals surface area contributed by atoms with Crippen molar-refractivity contribution in [1.82, 2.24) is 4.98 Å². The number of ether oxygens (including phenoxy) is 1. The number of carbonyl (C=O) groups excluding carboxylic acids is 1. The summed E-state index contributed by atoms with van der Waals surface area (Å²) in [5, 5.41) is 3.06. The average molecular weight is 253 g/mol. The van der Waals surface area contributed by atoms with E-state index in [1.54, 1.807) is 18.2 Å². The lowest BCUT2D eigenvalue weighted by Gasteiger charge is -2.06. The first-order chi connectivity index (χ1) is 8.20. The molecule has 6 heteroatoms. The summed E-state index contributed by atoms with van der Waals surface area (Å²) in [5.41, 5.74) is 0.765. The summed E-state index contributed by atoms with van der Waals surface area (Å²) in [4.78, 5) is 15.4. The smallest absolute Gasteiger partial charge is 0.277 e. The Hall–Kier alpha value is -2.01. The van der Waals surface area contributed by atoms with Gasteiger partial charge in [0, 0.05) is 5.69 Å². The zero-order valence-electron chi connectivity index (χ0n) is 8.94. The molecule has 0 unspecified atom stereocenters. The minimum Gasteiger partial charge on any atom is -0.495 e. The number of aromatic nitrogens is 1. The van der Waals surface area contributed by atoms with Crippen LogP contribution < -0.4 is 10.1 Å². The number of oxazole rings is 1. The van der Waals surface area contributed by atoms with Crippen LogP contribution >= 0.6 is 11.6 Å². The number of carbonyl (C=O) groups is 1. The van der Waals surface area contributed by atoms with E-state index < -0.39 is 0 Å². The van der Waals surface area contributed by atoms with Gasteiger partial charge in [-0.15, -0.1) is 0 Å². The Morgan fingerprint density at radius 2 is 2.35 bits per heavy atom. The molecule has 0 saturated heterocycles. The van der Waals surface area contributed by atoms with Crippen molar-refractivity contribution in [1.29, 1.82) is 0 Å². The number of amides is 1. The summed E-state index contributed by atoms with van der Waals surface area (Å²) in [5.74, 6) is 0.186. The Bertz CT molecular complexity index is 526. The normalized spacial score (nSPS) is 10.0. The molecule has 0 atom stereocenters. The first-order valence-electron chi connectivity index (χ1n) is 4.74. The molecule has 0 spiro atoms. The monoisotopic (exact) mass is 252 g/mol. The number of rotatable bonds is 3. The van der Waals surface area contributed by atoms with Gasteiger partial charge in [0.15, 0.2) is 12.1 Å². The lowest BCUT2D eigenvalue weighted by molar-refractivity contribution is 0.102. The van der Waals surface area contributed by atoms with Gasteiger partial charge in [-0.3, -0.25) is 4.79 Å². The van der Waals surface area contributed by atoms with Crippen LogP contribution in [0.2, 0.25) is 5.02 Å². The molecule has 0 bridgehead atoms. The number of benzene rings is 1. The van der Waals surface area contributed by atoms with Gasteiger partial charge < -0.3 is 14.5 Å². The molecule has 0 fully saturated rings. The molecule has 88 valence electrons. The highest BCUT2D eigenvalue weighted by Gasteiger charge is 2.10. The minimum absolute atomic E-state index is 0.206. The standard InChI is InChI=1S/C11H9ClN2O3/c1-16-10-3-2-7(4-8(10)12)14-11(15)9-5-17-6-13-9/h2-6H,1H3,(H,14,15). The van der Waals surface area contributed by atoms with E-state index in [-0.39, 0.29) is 11.6 Å². The molecule has 1 heterocycles. The molecule has 0 aliphatic heterocycles. The minimum atomic E-state index is -0.361. The largest absolute Gasteiger partial charge is 0.495 e. The fourth-order valence-corrected chi connectivity index (χ4v) is 1.52. The van der Waals surface area contributed by atoms with E-state index >= 15 is 0 Å². The molecule has 0 saturated carbocycles. The number of nitrogens with zero attached hydrogens (tertiary/aromatic N) is 1. The SMILES string of the molecule is COc1ccc(NC(=O)c2cocn2)cc1Cl. The lowest BCUT2D eigenvalue weighted by atomic mass is 10.3. The number of hydrogen-bond donors (Lipinski definition) is 1. The van der Waals surface area contributed by atoms with Crippen molar-refractivity contribution in [2.75, 3.05) is 12.4 Å². The maximum atomic E-state index is 11.6. The molecule has 0 radical (unpaired) electrons. The Balaban J connectivity index is 2.14. The molecule has 17 heavy (non-hydrogen) atoms. The molecular formula is C11H9ClN2O3. The van der Waals surface area contributed by atoms with Gasteiger partial charge in [0.25, 0.3) is 5.91 Å². The van der Waals surface area contributed by atoms with Crippen LogP contribution in [0.4, 0.5) is 5.69 Å². The van der Waals surface area contributed by atoms with Gasteiger partial charge in [-0.1, -0.05) is 11.6 Å². The summed E-state index contributed by atoms with van der Waals surface area (Å²) >= 11 is 5.93. The molecule has 0 aliphatic rings. The van der Waals surface area contributed by atoms with Gasteiger partial charge in [-0.25, -0.2) is 4.98 Å². The fourth-order valence-electron chi connectivity index (χ4n) is 1.26. The predicted octanol–water partition coefficient (Wildman–Crippen LogP) is 2.59. The Morgan fingerprint density at radius 3 is 2.94 bits per heavy atom. The number of anilines is 1. The number of methoxy groups -OCH3 is 1. The van der Waals surface area contributed by atoms with Crippen LogP contribution in [0.25, 0.3) is 0 Å². The quantitative estimate of drug-likeness (QED) is 0.912. The number of nitrogens with one attached hydrogen (secondary N) is 1. The van der Waals surface area contributed by atoms with E-state index in [4.69, 9.17) is 20.8 Å². The van der Waals surface area contributed by atoms with Crippen molar-refractivity contribution in [3.05, 3.63) is 41.6 Å². The van der Waals surface area contributed by atoms with Crippen molar-refractivity contribution < 1.29 is 13.9 Å². The molecule has 2 aromatic rings. The molecule has 5 nitrogen and oxygen atoms in total. The van der Waals surface area contributed by atoms with Gasteiger partial charge in [-0.2, -0.15) is 0 Å². The van der Waals surface area contributed by atoms with Gasteiger partial charge in [0.05, 0.1) is 12.1 Å². The molecule has 1 N–H and O–H groups in total. The van der Waals surface area contributed by atoms with Crippen LogP contribution in [0.15, 0.2) is 35.3 Å². The van der Waals surface area contributed by atoms with Crippen molar-refractivity contribution in [3.63, 3.8) is 0 Å². The highest BCUT2D eigenvalue weighted by atomic mass is 35.5. The third kappa shape index (κ3) is 2.57. The fraction of sp³-hybridized carbons (Fsp3) is 0.0909. The van der Waals surface area contributed by atoms with Crippen molar-refractivity contribution in [3.8, 4) is 5.75 Å². The highest BCUT2D eigenvalue weighted by molar-refractivity contribution is 6.32. The highest BCUT2D eigenvalue weighted by Crippen LogP contribution is 2.27. The summed E-state index contributed by atoms with van der Waals surface area (Å²) in [6.07, 6.45) is 2.45. The van der Waals surface area contributed by atoms with Gasteiger partial charge in [0.1, 0.15) is 12.0 Å². The first-order valence-corrected chi connectivity index (χ1v) is 5.11. The molecule has 1 aromatic heterocycles. The number of hydrogen-bond acceptors (Lipinski definition) is 4. The van der Waals surface area contributed by atoms with Crippen molar-refractivity contribution >= 4 is 23.2 Å². The third-order valence-corrected chi connectivity index (χ3v) is 2.37. The topological polar surface area (TPSA) is 64.4 Å². The van der Waals surface area contributed by atoms with Gasteiger partial charge in [-0.05, 0) is 18.2 Å². The first kappa shape index (κ1) is 11.5. The van der Waals surface area contributed by atoms with Gasteiger partial charge in [0.2, 0.25) is 0 Å². The molecule has 2 rings (SSSR count). The maximum Gasteiger partial charge on any atom is 0.277 e. The molecule has 1 amide bonds. The second kappa shape index (κ2) is 4.88. The van der Waals surface area contributed by atoms with E-state index in [1.807, 2.05) is 0 Å². The van der Waals surface area contributed by atoms with Crippen molar-refractivity contribution in [2.45, 2.75) is 0 Å². The lowest BCUT2D eigenvalue weighted by Crippen LogP contribution is -2.12. The summed E-state index contributed by atoms with van der Waals surface area (Å²) < 4.78 is 9.72. The Kier molecular flexibility index (Phi) is 3.30. The molecular weight excluding hydrogens is 244 g/mol. The van der Waals surface area contributed by atoms with E-state index in [0.29, 0.717) is 16.5 Å². The predicted molar refractivity (Wildman–Crippen MR) is 62.5 cm³/mol. The van der Waals surface area contributed by atoms with Crippen LogP contribution in [0.3, 0.4) is 0 Å². The van der Waals surface area contributed by atoms with Crippen LogP contribution in [0.5, 0.6) is 5.75 Å². The van der Waals surface area contributed by atoms with Crippen LogP contribution in [0, 0.1) is 0 Å². The average Bonchev–Trinajstić information content (AvgIpc) is 2.82. The van der Waals surface area contributed by atoms with Gasteiger partial charge >= 0.3 is 0 Å². The Morgan fingerprint density at radius 1 is 1.53 bits per heavy atom.